The molecule has 0 bridgehead atoms. The zero-order valence-electron chi connectivity index (χ0n) is 23.3. The fraction of sp³-hybridized carbons (Fsp3) is 0.370. The van der Waals surface area contributed by atoms with Gasteiger partial charge in [-0.05, 0) is 61.6 Å². The summed E-state index contributed by atoms with van der Waals surface area (Å²) in [6.45, 7) is 3.53. The second kappa shape index (κ2) is 11.7. The van der Waals surface area contributed by atoms with Crippen molar-refractivity contribution in [3.05, 3.63) is 70.0 Å². The van der Waals surface area contributed by atoms with Gasteiger partial charge in [0.2, 0.25) is 16.0 Å². The van der Waals surface area contributed by atoms with E-state index in [9.17, 15) is 26.4 Å². The van der Waals surface area contributed by atoms with Crippen LogP contribution in [0.5, 0.6) is 5.75 Å². The van der Waals surface area contributed by atoms with Crippen LogP contribution in [-0.4, -0.2) is 63.7 Å². The number of ether oxygens (including phenoxy) is 1. The molecule has 0 saturated carbocycles. The monoisotopic (exact) mass is 579 g/mol. The summed E-state index contributed by atoms with van der Waals surface area (Å²) in [6, 6.07) is 8.32. The fourth-order valence-electron chi connectivity index (χ4n) is 4.06. The first kappa shape index (κ1) is 30.7. The Bertz CT molecular complexity index is 1530. The highest BCUT2D eigenvalue weighted by atomic mass is 32.2. The quantitative estimate of drug-likeness (QED) is 0.390. The Balaban J connectivity index is 1.99. The molecule has 1 aromatic heterocycles. The molecule has 0 atom stereocenters. The Kier molecular flexibility index (Phi) is 8.97. The third kappa shape index (κ3) is 7.00. The lowest BCUT2D eigenvalue weighted by Crippen LogP contribution is -2.26. The summed E-state index contributed by atoms with van der Waals surface area (Å²) >= 11 is 0. The van der Waals surface area contributed by atoms with Gasteiger partial charge in [0.25, 0.3) is 5.91 Å². The number of benzene rings is 2. The summed E-state index contributed by atoms with van der Waals surface area (Å²) in [5, 5.41) is 2.91. The standard InChI is InChI=1S/C27H32F3N5O4S/c1-16-8-9-18(23(12-16)35(5)40(7,37)38)10-11-21-20(27(28,29)30)15-31-26(32-21)33-22-13-17(2)19(14-24(22)39-6)25(36)34(3)4/h8-9,12-15H,10-11H2,1-7H3,(H,31,32,33). The van der Waals surface area contributed by atoms with Gasteiger partial charge in [-0.15, -0.1) is 0 Å². The number of hydrogen-bond acceptors (Lipinski definition) is 7. The van der Waals surface area contributed by atoms with Gasteiger partial charge in [-0.2, -0.15) is 13.2 Å². The van der Waals surface area contributed by atoms with Gasteiger partial charge in [0.1, 0.15) is 5.75 Å². The van der Waals surface area contributed by atoms with Crippen molar-refractivity contribution in [2.75, 3.05) is 44.1 Å². The second-order valence-corrected chi connectivity index (χ2v) is 11.6. The first-order valence-corrected chi connectivity index (χ1v) is 14.0. The van der Waals surface area contributed by atoms with E-state index in [1.165, 1.54) is 19.1 Å². The molecule has 1 N–H and O–H groups in total. The van der Waals surface area contributed by atoms with Crippen LogP contribution < -0.4 is 14.4 Å². The first-order chi connectivity index (χ1) is 18.5. The van der Waals surface area contributed by atoms with Crippen LogP contribution in [-0.2, 0) is 29.0 Å². The zero-order valence-corrected chi connectivity index (χ0v) is 24.2. The molecule has 13 heteroatoms. The van der Waals surface area contributed by atoms with Crippen molar-refractivity contribution in [1.82, 2.24) is 14.9 Å². The van der Waals surface area contributed by atoms with E-state index in [-0.39, 0.29) is 36.1 Å². The minimum Gasteiger partial charge on any atom is -0.495 e. The van der Waals surface area contributed by atoms with Crippen LogP contribution in [0, 0.1) is 13.8 Å². The molecule has 216 valence electrons. The van der Waals surface area contributed by atoms with Gasteiger partial charge < -0.3 is 15.0 Å². The van der Waals surface area contributed by atoms with E-state index < -0.39 is 21.8 Å². The molecule has 0 radical (unpaired) electrons. The predicted molar refractivity (Wildman–Crippen MR) is 148 cm³/mol. The molecular formula is C27H32F3N5O4S. The van der Waals surface area contributed by atoms with E-state index in [0.717, 1.165) is 16.1 Å². The van der Waals surface area contributed by atoms with E-state index in [1.54, 1.807) is 58.3 Å². The average molecular weight is 580 g/mol. The number of carbonyl (C=O) groups is 1. The summed E-state index contributed by atoms with van der Waals surface area (Å²) < 4.78 is 72.4. The third-order valence-electron chi connectivity index (χ3n) is 6.31. The summed E-state index contributed by atoms with van der Waals surface area (Å²) in [4.78, 5) is 22.0. The lowest BCUT2D eigenvalue weighted by Gasteiger charge is -2.21. The highest BCUT2D eigenvalue weighted by molar-refractivity contribution is 7.92. The molecular weight excluding hydrogens is 547 g/mol. The van der Waals surface area contributed by atoms with Crippen molar-refractivity contribution in [3.8, 4) is 5.75 Å². The number of hydrogen-bond donors (Lipinski definition) is 1. The van der Waals surface area contributed by atoms with Crippen molar-refractivity contribution in [1.29, 1.82) is 0 Å². The molecule has 3 aromatic rings. The van der Waals surface area contributed by atoms with E-state index in [0.29, 0.717) is 34.3 Å². The summed E-state index contributed by atoms with van der Waals surface area (Å²) in [7, 11) is 2.46. The maximum absolute atomic E-state index is 13.9. The Morgan fingerprint density at radius 1 is 1.07 bits per heavy atom. The molecule has 0 spiro atoms. The van der Waals surface area contributed by atoms with Crippen molar-refractivity contribution in [2.24, 2.45) is 0 Å². The number of amides is 1. The number of halogens is 3. The predicted octanol–water partition coefficient (Wildman–Crippen LogP) is 4.75. The Morgan fingerprint density at radius 2 is 1.75 bits per heavy atom. The molecule has 2 aromatic carbocycles. The molecule has 1 heterocycles. The molecule has 0 saturated heterocycles. The number of sulfonamides is 1. The fourth-order valence-corrected chi connectivity index (χ4v) is 4.59. The topological polar surface area (TPSA) is 105 Å². The van der Waals surface area contributed by atoms with Crippen LogP contribution in [0.2, 0.25) is 0 Å². The zero-order chi connectivity index (χ0) is 30.0. The van der Waals surface area contributed by atoms with E-state index >= 15 is 0 Å². The molecule has 9 nitrogen and oxygen atoms in total. The van der Waals surface area contributed by atoms with Crippen LogP contribution in [0.3, 0.4) is 0 Å². The second-order valence-electron chi connectivity index (χ2n) is 9.61. The van der Waals surface area contributed by atoms with Gasteiger partial charge in [-0.25, -0.2) is 18.4 Å². The number of aromatic nitrogens is 2. The van der Waals surface area contributed by atoms with Gasteiger partial charge in [0.05, 0.1) is 36.0 Å². The molecule has 0 unspecified atom stereocenters. The Hall–Kier alpha value is -3.87. The maximum Gasteiger partial charge on any atom is 0.419 e. The largest absolute Gasteiger partial charge is 0.495 e. The van der Waals surface area contributed by atoms with Crippen LogP contribution >= 0.6 is 0 Å². The number of methoxy groups -OCH3 is 1. The highest BCUT2D eigenvalue weighted by Gasteiger charge is 2.35. The van der Waals surface area contributed by atoms with Crippen LogP contribution in [0.1, 0.15) is 38.3 Å². The minimum atomic E-state index is -4.70. The van der Waals surface area contributed by atoms with Crippen molar-refractivity contribution >= 4 is 33.3 Å². The average Bonchev–Trinajstić information content (AvgIpc) is 2.86. The van der Waals surface area contributed by atoms with Crippen LogP contribution in [0.15, 0.2) is 36.5 Å². The van der Waals surface area contributed by atoms with E-state index in [1.807, 2.05) is 0 Å². The number of anilines is 3. The number of alkyl halides is 3. The summed E-state index contributed by atoms with van der Waals surface area (Å²) in [5.41, 5.74) is 1.91. The molecule has 3 rings (SSSR count). The smallest absolute Gasteiger partial charge is 0.419 e. The van der Waals surface area contributed by atoms with Crippen LogP contribution in [0.25, 0.3) is 0 Å². The number of rotatable bonds is 9. The number of nitrogens with one attached hydrogen (secondary N) is 1. The number of nitrogens with zero attached hydrogens (tertiary/aromatic N) is 4. The van der Waals surface area contributed by atoms with Gasteiger partial charge in [-0.1, -0.05) is 12.1 Å². The summed E-state index contributed by atoms with van der Waals surface area (Å²) in [5.74, 6) is -0.0360. The normalized spacial score (nSPS) is 11.8. The van der Waals surface area contributed by atoms with Gasteiger partial charge in [-0.3, -0.25) is 9.10 Å². The third-order valence-corrected chi connectivity index (χ3v) is 7.50. The Labute approximate surface area is 232 Å². The lowest BCUT2D eigenvalue weighted by molar-refractivity contribution is -0.138. The van der Waals surface area contributed by atoms with Crippen molar-refractivity contribution in [2.45, 2.75) is 32.9 Å². The molecule has 0 aliphatic carbocycles. The highest BCUT2D eigenvalue weighted by Crippen LogP contribution is 2.35. The van der Waals surface area contributed by atoms with Gasteiger partial charge in [0, 0.05) is 32.9 Å². The van der Waals surface area contributed by atoms with Crippen molar-refractivity contribution in [3.63, 3.8) is 0 Å². The number of carbonyl (C=O) groups excluding carboxylic acids is 1. The minimum absolute atomic E-state index is 0.0928. The SMILES string of the molecule is COc1cc(C(=O)N(C)C)c(C)cc1Nc1ncc(C(F)(F)F)c(CCc2ccc(C)cc2N(C)S(C)(=O)=O)n1. The Morgan fingerprint density at radius 3 is 2.33 bits per heavy atom. The molecule has 0 aliphatic rings. The number of aryl methyl sites for hydroxylation is 4. The molecule has 40 heavy (non-hydrogen) atoms. The van der Waals surface area contributed by atoms with E-state index in [2.05, 4.69) is 15.3 Å². The van der Waals surface area contributed by atoms with Crippen LogP contribution in [0.4, 0.5) is 30.5 Å². The first-order valence-electron chi connectivity index (χ1n) is 12.2. The van der Waals surface area contributed by atoms with Gasteiger partial charge in [0.15, 0.2) is 0 Å². The van der Waals surface area contributed by atoms with E-state index in [4.69, 9.17) is 4.74 Å². The lowest BCUT2D eigenvalue weighted by atomic mass is 10.0. The molecule has 0 aliphatic heterocycles. The van der Waals surface area contributed by atoms with Gasteiger partial charge >= 0.3 is 6.18 Å². The maximum atomic E-state index is 13.9. The molecule has 1 amide bonds. The molecule has 0 fully saturated rings. The van der Waals surface area contributed by atoms with Crippen molar-refractivity contribution < 1.29 is 31.1 Å². The summed E-state index contributed by atoms with van der Waals surface area (Å²) in [6.07, 6.45) is -2.96.